The molecule has 1 nitrogen and oxygen atoms in total. The predicted molar refractivity (Wildman–Crippen MR) is 64.0 cm³/mol. The highest BCUT2D eigenvalue weighted by Gasteiger charge is 2.16. The van der Waals surface area contributed by atoms with Crippen LogP contribution < -0.4 is 0 Å². The molecule has 0 aromatic heterocycles. The highest BCUT2D eigenvalue weighted by molar-refractivity contribution is 6.17. The molecular formula is C12H24ClN. The summed E-state index contributed by atoms with van der Waals surface area (Å²) in [5.41, 5.74) is 0. The van der Waals surface area contributed by atoms with Crippen LogP contribution in [0.4, 0.5) is 0 Å². The van der Waals surface area contributed by atoms with Crippen LogP contribution in [0.1, 0.15) is 45.4 Å². The molecule has 1 saturated heterocycles. The zero-order chi connectivity index (χ0) is 10.2. The molecule has 0 aliphatic carbocycles. The number of piperidine rings is 1. The van der Waals surface area contributed by atoms with E-state index in [9.17, 15) is 0 Å². The Bertz CT molecular complexity index is 130. The van der Waals surface area contributed by atoms with Crippen LogP contribution in [0.3, 0.4) is 0 Å². The molecule has 0 N–H and O–H groups in total. The molecule has 14 heavy (non-hydrogen) atoms. The molecule has 1 aliphatic heterocycles. The second kappa shape index (κ2) is 7.53. The summed E-state index contributed by atoms with van der Waals surface area (Å²) < 4.78 is 0. The van der Waals surface area contributed by atoms with Gasteiger partial charge in [0, 0.05) is 5.88 Å². The first-order valence-electron chi connectivity index (χ1n) is 6.15. The van der Waals surface area contributed by atoms with Gasteiger partial charge in [0.15, 0.2) is 0 Å². The fraction of sp³-hybridized carbons (Fsp3) is 1.00. The van der Waals surface area contributed by atoms with Gasteiger partial charge in [-0.15, -0.1) is 11.6 Å². The Morgan fingerprint density at radius 1 is 1.14 bits per heavy atom. The van der Waals surface area contributed by atoms with Gasteiger partial charge in [-0.3, -0.25) is 0 Å². The number of unbranched alkanes of at least 4 members (excludes halogenated alkanes) is 2. The van der Waals surface area contributed by atoms with E-state index in [1.165, 1.54) is 58.2 Å². The van der Waals surface area contributed by atoms with Gasteiger partial charge in [0.25, 0.3) is 0 Å². The third-order valence-electron chi connectivity index (χ3n) is 3.39. The van der Waals surface area contributed by atoms with E-state index >= 15 is 0 Å². The van der Waals surface area contributed by atoms with E-state index < -0.39 is 0 Å². The lowest BCUT2D eigenvalue weighted by atomic mass is 9.94. The predicted octanol–water partition coefficient (Wildman–Crippen LogP) is 3.52. The van der Waals surface area contributed by atoms with Crippen molar-refractivity contribution in [1.82, 2.24) is 4.90 Å². The molecule has 0 atom stereocenters. The number of hydrogen-bond donors (Lipinski definition) is 0. The van der Waals surface area contributed by atoms with Crippen LogP contribution in [-0.2, 0) is 0 Å². The van der Waals surface area contributed by atoms with Gasteiger partial charge < -0.3 is 4.90 Å². The van der Waals surface area contributed by atoms with E-state index in [0.29, 0.717) is 0 Å². The molecule has 0 aromatic carbocycles. The van der Waals surface area contributed by atoms with Crippen LogP contribution in [-0.4, -0.2) is 30.4 Å². The first kappa shape index (κ1) is 12.3. The zero-order valence-electron chi connectivity index (χ0n) is 9.47. The number of rotatable bonds is 6. The van der Waals surface area contributed by atoms with Crippen LogP contribution in [0, 0.1) is 5.92 Å². The van der Waals surface area contributed by atoms with E-state index in [4.69, 9.17) is 11.6 Å². The van der Waals surface area contributed by atoms with E-state index in [-0.39, 0.29) is 0 Å². The van der Waals surface area contributed by atoms with Gasteiger partial charge in [-0.1, -0.05) is 19.8 Å². The van der Waals surface area contributed by atoms with Gasteiger partial charge in [0.05, 0.1) is 0 Å². The number of nitrogens with zero attached hydrogens (tertiary/aromatic N) is 1. The van der Waals surface area contributed by atoms with E-state index in [1.807, 2.05) is 0 Å². The maximum atomic E-state index is 5.65. The second-order valence-corrected chi connectivity index (χ2v) is 4.82. The highest BCUT2D eigenvalue weighted by Crippen LogP contribution is 2.20. The van der Waals surface area contributed by atoms with Crippen molar-refractivity contribution in [2.75, 3.05) is 25.5 Å². The average Bonchev–Trinajstić information content (AvgIpc) is 2.25. The summed E-state index contributed by atoms with van der Waals surface area (Å²) in [6.07, 6.45) is 8.05. The third kappa shape index (κ3) is 4.65. The lowest BCUT2D eigenvalue weighted by Crippen LogP contribution is -2.34. The van der Waals surface area contributed by atoms with Crippen molar-refractivity contribution >= 4 is 11.6 Å². The van der Waals surface area contributed by atoms with Gasteiger partial charge in [-0.25, -0.2) is 0 Å². The number of likely N-dealkylation sites (tertiary alicyclic amines) is 1. The SMILES string of the molecule is CCC1CCN(CCCCCCl)CC1. The smallest absolute Gasteiger partial charge is 0.0223 e. The molecule has 1 aliphatic rings. The minimum absolute atomic E-state index is 0.831. The molecule has 0 radical (unpaired) electrons. The molecule has 0 amide bonds. The molecule has 0 saturated carbocycles. The lowest BCUT2D eigenvalue weighted by molar-refractivity contribution is 0.179. The lowest BCUT2D eigenvalue weighted by Gasteiger charge is -2.31. The fourth-order valence-electron chi connectivity index (χ4n) is 2.22. The average molecular weight is 218 g/mol. The molecule has 1 fully saturated rings. The Kier molecular flexibility index (Phi) is 6.63. The summed E-state index contributed by atoms with van der Waals surface area (Å²) in [6.45, 7) is 6.28. The monoisotopic (exact) mass is 217 g/mol. The first-order chi connectivity index (χ1) is 6.86. The summed E-state index contributed by atoms with van der Waals surface area (Å²) >= 11 is 5.65. The summed E-state index contributed by atoms with van der Waals surface area (Å²) in [7, 11) is 0. The van der Waals surface area contributed by atoms with Crippen LogP contribution in [0.15, 0.2) is 0 Å². The van der Waals surface area contributed by atoms with E-state index in [1.54, 1.807) is 0 Å². The van der Waals surface area contributed by atoms with Crippen molar-refractivity contribution in [2.45, 2.75) is 45.4 Å². The fourth-order valence-corrected chi connectivity index (χ4v) is 2.41. The molecule has 1 rings (SSSR count). The maximum Gasteiger partial charge on any atom is 0.0223 e. The van der Waals surface area contributed by atoms with Gasteiger partial charge in [0.2, 0.25) is 0 Å². The number of hydrogen-bond acceptors (Lipinski definition) is 1. The zero-order valence-corrected chi connectivity index (χ0v) is 10.2. The quantitative estimate of drug-likeness (QED) is 0.486. The topological polar surface area (TPSA) is 3.24 Å². The number of alkyl halides is 1. The summed E-state index contributed by atoms with van der Waals surface area (Å²) in [5.74, 6) is 1.84. The Morgan fingerprint density at radius 2 is 1.86 bits per heavy atom. The Labute approximate surface area is 93.8 Å². The largest absolute Gasteiger partial charge is 0.303 e. The third-order valence-corrected chi connectivity index (χ3v) is 3.66. The molecule has 0 aromatic rings. The van der Waals surface area contributed by atoms with Crippen molar-refractivity contribution in [3.05, 3.63) is 0 Å². The summed E-state index contributed by atoms with van der Waals surface area (Å²) in [6, 6.07) is 0. The van der Waals surface area contributed by atoms with Gasteiger partial charge in [-0.05, 0) is 51.2 Å². The Morgan fingerprint density at radius 3 is 2.43 bits per heavy atom. The molecule has 1 heterocycles. The normalized spacial score (nSPS) is 20.1. The molecule has 0 bridgehead atoms. The van der Waals surface area contributed by atoms with Gasteiger partial charge in [0.1, 0.15) is 0 Å². The standard InChI is InChI=1S/C12H24ClN/c1-2-12-6-10-14(11-7-12)9-5-3-4-8-13/h12H,2-11H2,1H3. The molecule has 84 valence electrons. The van der Waals surface area contributed by atoms with E-state index in [0.717, 1.165) is 11.8 Å². The molecule has 2 heteroatoms. The maximum absolute atomic E-state index is 5.65. The van der Waals surface area contributed by atoms with Crippen LogP contribution in [0.5, 0.6) is 0 Å². The Hall–Kier alpha value is 0.250. The Balaban J connectivity index is 1.98. The molecular weight excluding hydrogens is 194 g/mol. The summed E-state index contributed by atoms with van der Waals surface area (Å²) in [4.78, 5) is 2.63. The van der Waals surface area contributed by atoms with Crippen molar-refractivity contribution in [3.8, 4) is 0 Å². The van der Waals surface area contributed by atoms with Crippen LogP contribution in [0.25, 0.3) is 0 Å². The van der Waals surface area contributed by atoms with Gasteiger partial charge in [-0.2, -0.15) is 0 Å². The second-order valence-electron chi connectivity index (χ2n) is 4.44. The summed E-state index contributed by atoms with van der Waals surface area (Å²) in [5, 5.41) is 0. The van der Waals surface area contributed by atoms with Crippen molar-refractivity contribution < 1.29 is 0 Å². The minimum atomic E-state index is 0.831. The van der Waals surface area contributed by atoms with Crippen LogP contribution in [0.2, 0.25) is 0 Å². The van der Waals surface area contributed by atoms with Gasteiger partial charge >= 0.3 is 0 Å². The minimum Gasteiger partial charge on any atom is -0.303 e. The highest BCUT2D eigenvalue weighted by atomic mass is 35.5. The van der Waals surface area contributed by atoms with Crippen molar-refractivity contribution in [3.63, 3.8) is 0 Å². The number of halogens is 1. The molecule has 0 spiro atoms. The van der Waals surface area contributed by atoms with Crippen molar-refractivity contribution in [1.29, 1.82) is 0 Å². The first-order valence-corrected chi connectivity index (χ1v) is 6.68. The van der Waals surface area contributed by atoms with Crippen LogP contribution >= 0.6 is 11.6 Å². The van der Waals surface area contributed by atoms with Crippen molar-refractivity contribution in [2.24, 2.45) is 5.92 Å². The van der Waals surface area contributed by atoms with E-state index in [2.05, 4.69) is 11.8 Å². The molecule has 0 unspecified atom stereocenters.